The number of allylic oxidation sites excluding steroid dienone is 9. The summed E-state index contributed by atoms with van der Waals surface area (Å²) in [6.45, 7) is 9.40. The first kappa shape index (κ1) is 50.2. The van der Waals surface area contributed by atoms with Gasteiger partial charge in [0, 0.05) is 31.3 Å². The average molecular weight is 778 g/mol. The molecular weight excluding hydrogens is 687 g/mol. The molecule has 0 saturated carbocycles. The average Bonchev–Trinajstić information content (AvgIpc) is 3.50. The van der Waals surface area contributed by atoms with Crippen LogP contribution >= 0.6 is 0 Å². The summed E-state index contributed by atoms with van der Waals surface area (Å²) in [6, 6.07) is 0. The second-order valence-electron chi connectivity index (χ2n) is 17.3. The highest BCUT2D eigenvalue weighted by molar-refractivity contribution is 5.82. The van der Waals surface area contributed by atoms with Gasteiger partial charge in [0.1, 0.15) is 0 Å². The minimum atomic E-state index is -0.371. The van der Waals surface area contributed by atoms with Crippen molar-refractivity contribution in [1.29, 1.82) is 0 Å². The first-order valence-corrected chi connectivity index (χ1v) is 24.0. The molecule has 322 valence electrons. The Balaban J connectivity index is 1.71. The minimum Gasteiger partial charge on any atom is -0.347 e. The highest BCUT2D eigenvalue weighted by Gasteiger charge is 2.40. The Labute approximate surface area is 348 Å². The van der Waals surface area contributed by atoms with E-state index in [1.807, 2.05) is 0 Å². The summed E-state index contributed by atoms with van der Waals surface area (Å²) in [7, 11) is 4.27. The van der Waals surface area contributed by atoms with E-state index in [4.69, 9.17) is 14.6 Å². The molecular formula is C51H91N3O2. The van der Waals surface area contributed by atoms with Crippen molar-refractivity contribution in [3.63, 3.8) is 0 Å². The van der Waals surface area contributed by atoms with Crippen LogP contribution in [0.25, 0.3) is 0 Å². The van der Waals surface area contributed by atoms with Crippen LogP contribution in [0.3, 0.4) is 0 Å². The summed E-state index contributed by atoms with van der Waals surface area (Å²) >= 11 is 0. The third-order valence-corrected chi connectivity index (χ3v) is 11.4. The maximum absolute atomic E-state index is 6.92. The molecule has 5 nitrogen and oxygen atoms in total. The first-order valence-electron chi connectivity index (χ1n) is 24.0. The van der Waals surface area contributed by atoms with Gasteiger partial charge < -0.3 is 14.4 Å². The first-order chi connectivity index (χ1) is 27.5. The van der Waals surface area contributed by atoms with Gasteiger partial charge in [-0.1, -0.05) is 145 Å². The predicted molar refractivity (Wildman–Crippen MR) is 246 cm³/mol. The van der Waals surface area contributed by atoms with Crippen molar-refractivity contribution in [3.8, 4) is 0 Å². The number of rotatable bonds is 36. The number of unbranched alkanes of at least 4 members (excludes halogenated alkanes) is 18. The monoisotopic (exact) mass is 778 g/mol. The molecule has 2 heterocycles. The highest BCUT2D eigenvalue weighted by Crippen LogP contribution is 2.36. The predicted octanol–water partition coefficient (Wildman–Crippen LogP) is 15.2. The third-order valence-electron chi connectivity index (χ3n) is 11.4. The molecule has 1 atom stereocenters. The van der Waals surface area contributed by atoms with Crippen LogP contribution in [0.5, 0.6) is 0 Å². The van der Waals surface area contributed by atoms with Gasteiger partial charge in [0.05, 0.1) is 19.3 Å². The molecule has 0 aliphatic carbocycles. The van der Waals surface area contributed by atoms with Gasteiger partial charge in [-0.25, -0.2) is 0 Å². The van der Waals surface area contributed by atoms with Crippen LogP contribution in [0.15, 0.2) is 65.5 Å². The fraction of sp³-hybridized carbons (Fsp3) is 0.784. The van der Waals surface area contributed by atoms with Crippen molar-refractivity contribution in [2.24, 2.45) is 5.10 Å². The largest absolute Gasteiger partial charge is 0.347 e. The van der Waals surface area contributed by atoms with Crippen molar-refractivity contribution < 1.29 is 9.47 Å². The molecule has 1 saturated heterocycles. The number of hydrogen-bond donors (Lipinski definition) is 0. The van der Waals surface area contributed by atoms with E-state index in [0.717, 1.165) is 71.1 Å². The lowest BCUT2D eigenvalue weighted by molar-refractivity contribution is -0.179. The number of nitrogens with zero attached hydrogens (tertiary/aromatic N) is 3. The SMILES string of the molecule is CCCCCC=CCC=CCCCCCCCCC1(CCCCCCCCC=CCC=CCCCCC)OCC(CCC2=CN(CCN(C)C)N=C(C)CC2)O1. The number of likely N-dealkylation sites (N-methyl/N-ethyl adjacent to an activating group) is 1. The van der Waals surface area contributed by atoms with Crippen LogP contribution < -0.4 is 0 Å². The lowest BCUT2D eigenvalue weighted by Gasteiger charge is -2.28. The molecule has 2 aliphatic rings. The molecule has 0 bridgehead atoms. The molecule has 0 aromatic heterocycles. The Morgan fingerprint density at radius 2 is 1.14 bits per heavy atom. The topological polar surface area (TPSA) is 37.3 Å². The number of ether oxygens (including phenoxy) is 2. The molecule has 5 heteroatoms. The smallest absolute Gasteiger partial charge is 0.168 e. The lowest BCUT2D eigenvalue weighted by atomic mass is 9.98. The van der Waals surface area contributed by atoms with Gasteiger partial charge in [-0.15, -0.1) is 0 Å². The van der Waals surface area contributed by atoms with Gasteiger partial charge in [0.2, 0.25) is 0 Å². The Morgan fingerprint density at radius 3 is 1.64 bits per heavy atom. The van der Waals surface area contributed by atoms with Crippen LogP contribution in [-0.4, -0.2) is 61.3 Å². The molecule has 0 aromatic rings. The second-order valence-corrected chi connectivity index (χ2v) is 17.3. The van der Waals surface area contributed by atoms with Gasteiger partial charge >= 0.3 is 0 Å². The van der Waals surface area contributed by atoms with E-state index in [0.29, 0.717) is 0 Å². The standard InChI is InChI=1S/C51H91N3O2/c1-6-8-10-12-14-16-18-20-22-24-26-28-30-32-34-36-42-51(43-37-35-33-31-29-27-25-23-21-19-17-15-13-11-9-7-2)55-47-50(56-51)41-40-49-39-38-48(3)52-54(46-49)45-44-53(4)5/h14-17,20-23,46,50H,6-13,18-19,24-45,47H2,1-5H3. The minimum absolute atomic E-state index is 0.200. The van der Waals surface area contributed by atoms with Crippen molar-refractivity contribution in [1.82, 2.24) is 9.91 Å². The van der Waals surface area contributed by atoms with Gasteiger partial charge in [-0.05, 0) is 124 Å². The number of hydrazone groups is 1. The van der Waals surface area contributed by atoms with E-state index in [1.54, 1.807) is 0 Å². The summed E-state index contributed by atoms with van der Waals surface area (Å²) < 4.78 is 13.6. The second kappa shape index (κ2) is 35.0. The van der Waals surface area contributed by atoms with E-state index in [9.17, 15) is 0 Å². The number of hydrogen-bond acceptors (Lipinski definition) is 5. The lowest BCUT2D eigenvalue weighted by Crippen LogP contribution is -2.31. The Kier molecular flexibility index (Phi) is 31.4. The zero-order valence-electron chi connectivity index (χ0n) is 37.8. The molecule has 0 spiro atoms. The van der Waals surface area contributed by atoms with E-state index < -0.39 is 0 Å². The van der Waals surface area contributed by atoms with Gasteiger partial charge in [0.25, 0.3) is 0 Å². The molecule has 0 radical (unpaired) electrons. The van der Waals surface area contributed by atoms with Crippen LogP contribution in [0.2, 0.25) is 0 Å². The summed E-state index contributed by atoms with van der Waals surface area (Å²) in [5, 5.41) is 7.04. The van der Waals surface area contributed by atoms with Gasteiger partial charge in [0.15, 0.2) is 5.79 Å². The summed E-state index contributed by atoms with van der Waals surface area (Å²) in [6.07, 6.45) is 58.5. The maximum atomic E-state index is 6.92. The summed E-state index contributed by atoms with van der Waals surface area (Å²) in [5.41, 5.74) is 2.73. The fourth-order valence-corrected chi connectivity index (χ4v) is 7.78. The van der Waals surface area contributed by atoms with Crippen molar-refractivity contribution in [3.05, 3.63) is 60.4 Å². The van der Waals surface area contributed by atoms with E-state index in [1.165, 1.54) is 153 Å². The third kappa shape index (κ3) is 27.6. The molecule has 0 amide bonds. The molecule has 2 aliphatic heterocycles. The van der Waals surface area contributed by atoms with Crippen molar-refractivity contribution >= 4 is 5.71 Å². The Bertz CT molecular complexity index is 1050. The van der Waals surface area contributed by atoms with E-state index in [2.05, 4.69) is 99.6 Å². The Hall–Kier alpha value is -1.95. The van der Waals surface area contributed by atoms with Crippen LogP contribution in [0, 0.1) is 0 Å². The van der Waals surface area contributed by atoms with E-state index >= 15 is 0 Å². The molecule has 1 fully saturated rings. The highest BCUT2D eigenvalue weighted by atomic mass is 16.7. The maximum Gasteiger partial charge on any atom is 0.168 e. The zero-order valence-corrected chi connectivity index (χ0v) is 37.8. The van der Waals surface area contributed by atoms with Crippen molar-refractivity contribution in [2.75, 3.05) is 33.8 Å². The molecule has 0 aromatic carbocycles. The van der Waals surface area contributed by atoms with Crippen molar-refractivity contribution in [2.45, 2.75) is 225 Å². The molecule has 56 heavy (non-hydrogen) atoms. The molecule has 2 rings (SSSR count). The van der Waals surface area contributed by atoms with E-state index in [-0.39, 0.29) is 11.9 Å². The van der Waals surface area contributed by atoms with Gasteiger partial charge in [-0.2, -0.15) is 5.10 Å². The molecule has 0 N–H and O–H groups in total. The van der Waals surface area contributed by atoms with Gasteiger partial charge in [-0.3, -0.25) is 5.01 Å². The Morgan fingerprint density at radius 1 is 0.661 bits per heavy atom. The normalized spacial score (nSPS) is 19.5. The van der Waals surface area contributed by atoms with Crippen LogP contribution in [0.4, 0.5) is 0 Å². The van der Waals surface area contributed by atoms with Crippen LogP contribution in [0.1, 0.15) is 213 Å². The molecule has 1 unspecified atom stereocenters. The zero-order chi connectivity index (χ0) is 40.2. The summed E-state index contributed by atoms with van der Waals surface area (Å²) in [5.74, 6) is -0.371. The van der Waals surface area contributed by atoms with Crippen LogP contribution in [-0.2, 0) is 9.47 Å². The quantitative estimate of drug-likeness (QED) is 0.0469. The summed E-state index contributed by atoms with van der Waals surface area (Å²) in [4.78, 5) is 2.23. The fourth-order valence-electron chi connectivity index (χ4n) is 7.78.